The molecule has 0 spiro atoms. The van der Waals surface area contributed by atoms with Crippen molar-refractivity contribution in [3.05, 3.63) is 30.0 Å². The Bertz CT molecular complexity index is 632. The summed E-state index contributed by atoms with van der Waals surface area (Å²) in [5, 5.41) is 16.6. The van der Waals surface area contributed by atoms with E-state index < -0.39 is 5.60 Å². The molecule has 108 valence electrons. The van der Waals surface area contributed by atoms with Gasteiger partial charge in [-0.1, -0.05) is 18.2 Å². The summed E-state index contributed by atoms with van der Waals surface area (Å²) >= 11 is 0. The number of benzene rings is 1. The molecule has 0 aliphatic carbocycles. The Morgan fingerprint density at radius 3 is 2.85 bits per heavy atom. The van der Waals surface area contributed by atoms with Gasteiger partial charge in [-0.3, -0.25) is 4.68 Å². The normalized spacial score (nSPS) is 26.0. The van der Waals surface area contributed by atoms with Crippen molar-refractivity contribution in [1.29, 1.82) is 0 Å². The third kappa shape index (κ3) is 2.45. The van der Waals surface area contributed by atoms with Crippen LogP contribution < -0.4 is 0 Å². The minimum Gasteiger partial charge on any atom is -0.389 e. The van der Waals surface area contributed by atoms with Crippen LogP contribution in [0.4, 0.5) is 0 Å². The summed E-state index contributed by atoms with van der Waals surface area (Å²) in [6, 6.07) is 8.17. The summed E-state index contributed by atoms with van der Waals surface area (Å²) in [7, 11) is 1.95. The van der Waals surface area contributed by atoms with Crippen LogP contribution in [0.25, 0.3) is 10.9 Å². The lowest BCUT2D eigenvalue weighted by atomic mass is 9.81. The molecule has 20 heavy (non-hydrogen) atoms. The maximum atomic E-state index is 10.9. The van der Waals surface area contributed by atoms with Gasteiger partial charge >= 0.3 is 0 Å². The predicted octanol–water partition coefficient (Wildman–Crippen LogP) is 2.44. The lowest BCUT2D eigenvalue weighted by molar-refractivity contribution is -0.143. The zero-order valence-corrected chi connectivity index (χ0v) is 12.4. The molecule has 1 aliphatic heterocycles. The Labute approximate surface area is 119 Å². The number of hydrogen-bond acceptors (Lipinski definition) is 3. The Hall–Kier alpha value is -1.39. The second-order valence-electron chi connectivity index (χ2n) is 6.52. The SMILES string of the molecule is Cn1nc(CC2(O)CCOC(C)(C)C2)c2ccccc21. The quantitative estimate of drug-likeness (QED) is 0.915. The molecular formula is C16H22N2O2. The molecule has 1 aromatic carbocycles. The molecule has 0 radical (unpaired) electrons. The van der Waals surface area contributed by atoms with Crippen LogP contribution in [0.15, 0.2) is 24.3 Å². The van der Waals surface area contributed by atoms with Crippen LogP contribution in [0.1, 0.15) is 32.4 Å². The minimum atomic E-state index is -0.723. The molecular weight excluding hydrogens is 252 g/mol. The fourth-order valence-corrected chi connectivity index (χ4v) is 3.33. The van der Waals surface area contributed by atoms with E-state index in [9.17, 15) is 5.11 Å². The highest BCUT2D eigenvalue weighted by Crippen LogP contribution is 2.35. The first-order valence-electron chi connectivity index (χ1n) is 7.16. The maximum Gasteiger partial charge on any atom is 0.0753 e. The Morgan fingerprint density at radius 2 is 2.10 bits per heavy atom. The average molecular weight is 274 g/mol. The third-order valence-electron chi connectivity index (χ3n) is 4.15. The van der Waals surface area contributed by atoms with E-state index >= 15 is 0 Å². The number of aryl methyl sites for hydroxylation is 1. The summed E-state index contributed by atoms with van der Waals surface area (Å²) in [5.74, 6) is 0. The monoisotopic (exact) mass is 274 g/mol. The van der Waals surface area contributed by atoms with Crippen molar-refractivity contribution in [1.82, 2.24) is 9.78 Å². The van der Waals surface area contributed by atoms with Crippen molar-refractivity contribution in [3.63, 3.8) is 0 Å². The van der Waals surface area contributed by atoms with Gasteiger partial charge in [0.05, 0.1) is 29.0 Å². The molecule has 3 rings (SSSR count). The zero-order valence-electron chi connectivity index (χ0n) is 12.4. The van der Waals surface area contributed by atoms with Gasteiger partial charge in [0, 0.05) is 31.7 Å². The van der Waals surface area contributed by atoms with E-state index in [4.69, 9.17) is 4.74 Å². The minimum absolute atomic E-state index is 0.266. The smallest absolute Gasteiger partial charge is 0.0753 e. The first-order chi connectivity index (χ1) is 9.39. The number of hydrogen-bond donors (Lipinski definition) is 1. The Balaban J connectivity index is 1.93. The van der Waals surface area contributed by atoms with Crippen molar-refractivity contribution in [3.8, 4) is 0 Å². The summed E-state index contributed by atoms with van der Waals surface area (Å²) in [6.45, 7) is 4.68. The van der Waals surface area contributed by atoms with Gasteiger partial charge in [0.2, 0.25) is 0 Å². The highest BCUT2D eigenvalue weighted by molar-refractivity contribution is 5.81. The van der Waals surface area contributed by atoms with Crippen LogP contribution >= 0.6 is 0 Å². The second kappa shape index (κ2) is 4.57. The number of para-hydroxylation sites is 1. The predicted molar refractivity (Wildman–Crippen MR) is 78.6 cm³/mol. The molecule has 1 saturated heterocycles. The van der Waals surface area contributed by atoms with Crippen LogP contribution in [0.3, 0.4) is 0 Å². The fourth-order valence-electron chi connectivity index (χ4n) is 3.33. The average Bonchev–Trinajstić information content (AvgIpc) is 2.65. The fraction of sp³-hybridized carbons (Fsp3) is 0.562. The molecule has 1 fully saturated rings. The molecule has 4 nitrogen and oxygen atoms in total. The molecule has 0 saturated carbocycles. The molecule has 1 aliphatic rings. The second-order valence-corrected chi connectivity index (χ2v) is 6.52. The standard InChI is InChI=1S/C16H22N2O2/c1-15(2)11-16(19,8-9-20-15)10-13-12-6-4-5-7-14(12)18(3)17-13/h4-7,19H,8-11H2,1-3H3. The van der Waals surface area contributed by atoms with Crippen molar-refractivity contribution in [2.75, 3.05) is 6.61 Å². The van der Waals surface area contributed by atoms with Crippen molar-refractivity contribution < 1.29 is 9.84 Å². The zero-order chi connectivity index (χ0) is 14.4. The maximum absolute atomic E-state index is 10.9. The molecule has 2 heterocycles. The van der Waals surface area contributed by atoms with Gasteiger partial charge in [-0.15, -0.1) is 0 Å². The van der Waals surface area contributed by atoms with Crippen LogP contribution in [-0.4, -0.2) is 32.7 Å². The molecule has 1 aromatic heterocycles. The van der Waals surface area contributed by atoms with E-state index in [0.29, 0.717) is 25.9 Å². The number of aromatic nitrogens is 2. The summed E-state index contributed by atoms with van der Waals surface area (Å²) < 4.78 is 7.59. The van der Waals surface area contributed by atoms with Crippen LogP contribution in [-0.2, 0) is 18.2 Å². The first-order valence-corrected chi connectivity index (χ1v) is 7.16. The van der Waals surface area contributed by atoms with E-state index in [1.165, 1.54) is 0 Å². The van der Waals surface area contributed by atoms with Crippen LogP contribution in [0, 0.1) is 0 Å². The number of rotatable bonds is 2. The summed E-state index contributed by atoms with van der Waals surface area (Å²) in [6.07, 6.45) is 1.90. The molecule has 0 amide bonds. The molecule has 2 aromatic rings. The third-order valence-corrected chi connectivity index (χ3v) is 4.15. The topological polar surface area (TPSA) is 47.3 Å². The van der Waals surface area contributed by atoms with Gasteiger partial charge in [0.25, 0.3) is 0 Å². The van der Waals surface area contributed by atoms with Gasteiger partial charge in [-0.25, -0.2) is 0 Å². The van der Waals surface area contributed by atoms with Crippen LogP contribution in [0.2, 0.25) is 0 Å². The number of ether oxygens (including phenoxy) is 1. The van der Waals surface area contributed by atoms with Gasteiger partial charge in [0.15, 0.2) is 0 Å². The largest absolute Gasteiger partial charge is 0.389 e. The van der Waals surface area contributed by atoms with Gasteiger partial charge < -0.3 is 9.84 Å². The highest BCUT2D eigenvalue weighted by atomic mass is 16.5. The van der Waals surface area contributed by atoms with Crippen molar-refractivity contribution >= 4 is 10.9 Å². The molecule has 1 N–H and O–H groups in total. The number of fused-ring (bicyclic) bond motifs is 1. The molecule has 0 bridgehead atoms. The van der Waals surface area contributed by atoms with Crippen molar-refractivity contribution in [2.24, 2.45) is 7.05 Å². The van der Waals surface area contributed by atoms with Crippen LogP contribution in [0.5, 0.6) is 0 Å². The summed E-state index contributed by atoms with van der Waals surface area (Å²) in [4.78, 5) is 0. The van der Waals surface area contributed by atoms with E-state index in [-0.39, 0.29) is 5.60 Å². The van der Waals surface area contributed by atoms with E-state index in [0.717, 1.165) is 16.6 Å². The van der Waals surface area contributed by atoms with Gasteiger partial charge in [-0.2, -0.15) is 5.10 Å². The number of nitrogens with zero attached hydrogens (tertiary/aromatic N) is 2. The van der Waals surface area contributed by atoms with Gasteiger partial charge in [-0.05, 0) is 19.9 Å². The lowest BCUT2D eigenvalue weighted by Gasteiger charge is -2.41. The first kappa shape index (κ1) is 13.6. The van der Waals surface area contributed by atoms with Gasteiger partial charge in [0.1, 0.15) is 0 Å². The molecule has 1 atom stereocenters. The van der Waals surface area contributed by atoms with E-state index in [2.05, 4.69) is 17.2 Å². The van der Waals surface area contributed by atoms with E-state index in [1.54, 1.807) is 0 Å². The highest BCUT2D eigenvalue weighted by Gasteiger charge is 2.40. The molecule has 4 heteroatoms. The Morgan fingerprint density at radius 1 is 1.35 bits per heavy atom. The lowest BCUT2D eigenvalue weighted by Crippen LogP contribution is -2.47. The molecule has 1 unspecified atom stereocenters. The number of aliphatic hydroxyl groups is 1. The van der Waals surface area contributed by atoms with E-state index in [1.807, 2.05) is 37.7 Å². The van der Waals surface area contributed by atoms with Crippen molar-refractivity contribution in [2.45, 2.75) is 44.3 Å². The Kier molecular flexibility index (Phi) is 3.10. The summed E-state index contributed by atoms with van der Waals surface area (Å²) in [5.41, 5.74) is 1.09.